The summed E-state index contributed by atoms with van der Waals surface area (Å²) < 4.78 is 49.4. The molecule has 0 saturated carbocycles. The summed E-state index contributed by atoms with van der Waals surface area (Å²) in [6.45, 7) is 0. The van der Waals surface area contributed by atoms with Crippen molar-refractivity contribution in [2.75, 3.05) is 0 Å². The molecule has 16 aromatic rings. The number of halogens is 4. The summed E-state index contributed by atoms with van der Waals surface area (Å²) in [6.07, 6.45) is 0. The molecule has 0 saturated heterocycles. The van der Waals surface area contributed by atoms with Crippen LogP contribution in [0.25, 0.3) is 0 Å². The van der Waals surface area contributed by atoms with Crippen molar-refractivity contribution in [3.05, 3.63) is 482 Å². The van der Waals surface area contributed by atoms with Crippen LogP contribution in [0.1, 0.15) is 41.4 Å². The van der Waals surface area contributed by atoms with E-state index in [1.165, 1.54) is 70.9 Å². The molecule has 600 valence electrons. The maximum atomic E-state index is 12.5. The molecule has 12 nitrogen and oxygen atoms in total. The van der Waals surface area contributed by atoms with E-state index in [1.807, 2.05) is 0 Å². The molecule has 0 aliphatic heterocycles. The van der Waals surface area contributed by atoms with Crippen molar-refractivity contribution in [3.8, 4) is 23.0 Å². The summed E-state index contributed by atoms with van der Waals surface area (Å²) in [5.74, 6) is -12.5. The monoisotopic (exact) mass is 1670 g/mol. The van der Waals surface area contributed by atoms with Crippen LogP contribution in [0.3, 0.4) is 0 Å². The van der Waals surface area contributed by atoms with Gasteiger partial charge in [0.1, 0.15) is 23.3 Å². The van der Waals surface area contributed by atoms with E-state index in [9.17, 15) is 57.2 Å². The Labute approximate surface area is 704 Å². The molecule has 0 fully saturated rings. The number of hydrogen-bond donors (Lipinski definition) is 4. The van der Waals surface area contributed by atoms with Gasteiger partial charge < -0.3 is 40.9 Å². The third-order valence-electron chi connectivity index (χ3n) is 16.5. The Hall–Kier alpha value is -14.3. The molecule has 0 spiro atoms. The molecule has 16 aromatic carbocycles. The summed E-state index contributed by atoms with van der Waals surface area (Å²) in [5, 5.41) is 75.9. The minimum absolute atomic E-state index is 0.0146. The number of aromatic carboxylic acids is 4. The lowest BCUT2D eigenvalue weighted by molar-refractivity contribution is -0.273. The first-order valence-electron chi connectivity index (χ1n) is 36.6. The Bertz CT molecular complexity index is 4910. The third-order valence-corrected chi connectivity index (χ3v) is 25.4. The van der Waals surface area contributed by atoms with E-state index in [0.717, 1.165) is 48.5 Å². The van der Waals surface area contributed by atoms with Gasteiger partial charge in [0.2, 0.25) is 0 Å². The largest absolute Gasteiger partial charge is 0.872 e. The highest BCUT2D eigenvalue weighted by molar-refractivity contribution is 7.98. The summed E-state index contributed by atoms with van der Waals surface area (Å²) in [6, 6.07) is 140. The van der Waals surface area contributed by atoms with Gasteiger partial charge in [0.05, 0.1) is 65.8 Å². The van der Waals surface area contributed by atoms with Gasteiger partial charge in [0.15, 0.2) is 58.7 Å². The Morgan fingerprint density at radius 1 is 0.200 bits per heavy atom. The van der Waals surface area contributed by atoms with Crippen LogP contribution in [0.15, 0.2) is 496 Å². The normalized spacial score (nSPS) is 10.2. The van der Waals surface area contributed by atoms with E-state index < -0.39 is 92.4 Å². The number of carboxylic acids is 4. The average Bonchev–Trinajstić information content (AvgIpc) is 0.825. The zero-order valence-electron chi connectivity index (χ0n) is 63.8. The number of benzene rings is 16. The highest BCUT2D eigenvalue weighted by atomic mass is 32.2. The van der Waals surface area contributed by atoms with Crippen LogP contribution in [0.5, 0.6) is 23.0 Å². The Balaban J connectivity index is 0.000000158. The van der Waals surface area contributed by atoms with Crippen molar-refractivity contribution in [2.45, 2.75) is 58.7 Å². The van der Waals surface area contributed by atoms with E-state index in [2.05, 4.69) is 364 Å². The Morgan fingerprint density at radius 3 is 0.625 bits per heavy atom. The smallest absolute Gasteiger partial charge is 0.338 e. The zero-order valence-corrected chi connectivity index (χ0v) is 67.0. The molecular weight excluding hydrogens is 1600 g/mol. The molecule has 120 heavy (non-hydrogen) atoms. The molecule has 0 aromatic heterocycles. The van der Waals surface area contributed by atoms with Crippen LogP contribution < -0.4 is 20.4 Å². The Kier molecular flexibility index (Phi) is 35.6. The van der Waals surface area contributed by atoms with Crippen LogP contribution >= 0.6 is 0 Å². The lowest BCUT2D eigenvalue weighted by Crippen LogP contribution is -2.06. The average molecular weight is 1670 g/mol. The van der Waals surface area contributed by atoms with E-state index in [4.69, 9.17) is 20.4 Å². The quantitative estimate of drug-likeness (QED) is 0.0522. The molecule has 0 aliphatic carbocycles. The van der Waals surface area contributed by atoms with Crippen LogP contribution in [0, 0.1) is 23.3 Å². The Morgan fingerprint density at radius 2 is 0.425 bits per heavy atom. The maximum Gasteiger partial charge on any atom is 0.338 e. The predicted octanol–water partition coefficient (Wildman–Crippen LogP) is 21.5. The van der Waals surface area contributed by atoms with Crippen LogP contribution in [-0.4, -0.2) is 44.3 Å². The van der Waals surface area contributed by atoms with Gasteiger partial charge in [-0.2, -0.15) is 0 Å². The number of rotatable bonds is 16. The number of hydrogen-bond acceptors (Lipinski definition) is 8. The first kappa shape index (κ1) is 89.6. The molecule has 0 heterocycles. The summed E-state index contributed by atoms with van der Waals surface area (Å²) in [4.78, 5) is 57.2. The standard InChI is InChI=1S/4C18H15S.4C7H5FO3/c4*1-4-10-16(11-5-1)19(17-12-6-2-7-13-17)18-14-8-3-9-15-18;8-4-1-2-6(9)5(3-4)7(10)11;8-4-1-2-5(7(10)11)6(9)3-4;8-4-2-1-3-5(9)6(4)7(10)11;8-5-3-1-2-4(6(5)9)7(10)11/h4*1-15H;4*1-3,9H,(H,10,11)/q4*+1;;;;/p-4. The van der Waals surface area contributed by atoms with Gasteiger partial charge in [-0.05, 0) is 194 Å². The molecule has 4 N–H and O–H groups in total. The molecule has 0 unspecified atom stereocenters. The number of carboxylic acid groups (broad SMARTS) is 4. The summed E-state index contributed by atoms with van der Waals surface area (Å²) in [7, 11) is -0.0585. The van der Waals surface area contributed by atoms with E-state index in [-0.39, 0.29) is 43.6 Å². The highest BCUT2D eigenvalue weighted by Crippen LogP contribution is 2.35. The van der Waals surface area contributed by atoms with Crippen LogP contribution in [0.2, 0.25) is 0 Å². The maximum absolute atomic E-state index is 12.5. The van der Waals surface area contributed by atoms with Gasteiger partial charge in [0, 0.05) is 0 Å². The van der Waals surface area contributed by atoms with Crippen molar-refractivity contribution in [1.29, 1.82) is 0 Å². The van der Waals surface area contributed by atoms with E-state index in [1.54, 1.807) is 0 Å². The zero-order chi connectivity index (χ0) is 85.4. The number of para-hydroxylation sites is 1. The first-order chi connectivity index (χ1) is 58.3. The highest BCUT2D eigenvalue weighted by Gasteiger charge is 2.31. The molecule has 16 rings (SSSR count). The van der Waals surface area contributed by atoms with Gasteiger partial charge in [-0.15, -0.1) is 0 Å². The number of carbonyl (C=O) groups is 4. The second-order valence-electron chi connectivity index (χ2n) is 24.7. The van der Waals surface area contributed by atoms with Crippen molar-refractivity contribution in [1.82, 2.24) is 0 Å². The van der Waals surface area contributed by atoms with Crippen LogP contribution in [0.4, 0.5) is 17.6 Å². The fourth-order valence-corrected chi connectivity index (χ4v) is 19.5. The lowest BCUT2D eigenvalue weighted by Gasteiger charge is -2.09. The minimum atomic E-state index is -1.53. The van der Waals surface area contributed by atoms with Crippen molar-refractivity contribution in [2.24, 2.45) is 0 Å². The van der Waals surface area contributed by atoms with Crippen molar-refractivity contribution >= 4 is 67.5 Å². The van der Waals surface area contributed by atoms with Crippen molar-refractivity contribution < 1.29 is 77.6 Å². The topological polar surface area (TPSA) is 241 Å². The lowest BCUT2D eigenvalue weighted by atomic mass is 10.2. The molecule has 0 aliphatic rings. The molecular formula is C100H76F4O12S4. The SMILES string of the molecule is O=C(O)c1c([O-])cccc1F.O=C(O)c1cc(F)ccc1[O-].O=C(O)c1ccc(F)cc1[O-].O=C(O)c1cccc(F)c1[O-].c1ccc([S+](c2ccccc2)c2ccccc2)cc1.c1ccc([S+](c2ccccc2)c2ccccc2)cc1.c1ccc([S+](c2ccccc2)c2ccccc2)cc1.c1ccc([S+](c2ccccc2)c2ccccc2)cc1. The third kappa shape index (κ3) is 27.4. The summed E-state index contributed by atoms with van der Waals surface area (Å²) >= 11 is 0. The predicted molar refractivity (Wildman–Crippen MR) is 457 cm³/mol. The fraction of sp³-hybridized carbons (Fsp3) is 0. The fourth-order valence-electron chi connectivity index (χ4n) is 11.0. The van der Waals surface area contributed by atoms with Gasteiger partial charge in [-0.25, -0.2) is 36.7 Å². The molecule has 0 radical (unpaired) electrons. The van der Waals surface area contributed by atoms with Gasteiger partial charge in [0.25, 0.3) is 0 Å². The summed E-state index contributed by atoms with van der Waals surface area (Å²) in [5.41, 5.74) is -2.28. The minimum Gasteiger partial charge on any atom is -0.872 e. The van der Waals surface area contributed by atoms with Crippen molar-refractivity contribution in [3.63, 3.8) is 0 Å². The first-order valence-corrected chi connectivity index (χ1v) is 41.5. The van der Waals surface area contributed by atoms with Gasteiger partial charge >= 0.3 is 23.9 Å². The molecule has 0 atom stereocenters. The van der Waals surface area contributed by atoms with E-state index in [0.29, 0.717) is 12.1 Å². The van der Waals surface area contributed by atoms with Gasteiger partial charge in [-0.3, -0.25) is 0 Å². The van der Waals surface area contributed by atoms with Crippen LogP contribution in [-0.2, 0) is 43.6 Å². The molecule has 0 bridgehead atoms. The van der Waals surface area contributed by atoms with E-state index >= 15 is 0 Å². The van der Waals surface area contributed by atoms with Gasteiger partial charge in [-0.1, -0.05) is 266 Å². The second kappa shape index (κ2) is 47.7. The molecule has 0 amide bonds. The second-order valence-corrected chi connectivity index (χ2v) is 32.8. The molecule has 20 heteroatoms.